The molecule has 0 saturated carbocycles. The first-order chi connectivity index (χ1) is 10.8. The van der Waals surface area contributed by atoms with Crippen molar-refractivity contribution in [2.75, 3.05) is 13.7 Å². The van der Waals surface area contributed by atoms with Crippen LogP contribution in [0.25, 0.3) is 0 Å². The van der Waals surface area contributed by atoms with E-state index in [4.69, 9.17) is 10.5 Å². The van der Waals surface area contributed by atoms with E-state index in [-0.39, 0.29) is 30.8 Å². The van der Waals surface area contributed by atoms with E-state index in [0.29, 0.717) is 18.8 Å². The lowest BCUT2D eigenvalue weighted by Crippen LogP contribution is -2.44. The third kappa shape index (κ3) is 7.79. The largest absolute Gasteiger partial charge is 0.469 e. The van der Waals surface area contributed by atoms with Crippen LogP contribution in [0.4, 0.5) is 0 Å². The predicted molar refractivity (Wildman–Crippen MR) is 98.1 cm³/mol. The Bertz CT molecular complexity index is 535. The van der Waals surface area contributed by atoms with Crippen LogP contribution in [-0.4, -0.2) is 31.6 Å². The molecule has 5 nitrogen and oxygen atoms in total. The van der Waals surface area contributed by atoms with Gasteiger partial charge in [-0.1, -0.05) is 43.7 Å². The first kappa shape index (κ1) is 22.4. The van der Waals surface area contributed by atoms with Crippen LogP contribution in [0, 0.1) is 18.8 Å². The van der Waals surface area contributed by atoms with E-state index in [1.54, 1.807) is 0 Å². The fourth-order valence-electron chi connectivity index (χ4n) is 2.50. The average Bonchev–Trinajstić information content (AvgIpc) is 2.49. The van der Waals surface area contributed by atoms with Crippen molar-refractivity contribution in [3.8, 4) is 0 Å². The molecule has 1 unspecified atom stereocenters. The topological polar surface area (TPSA) is 81.4 Å². The highest BCUT2D eigenvalue weighted by Crippen LogP contribution is 2.12. The molecule has 0 aliphatic carbocycles. The number of esters is 1. The van der Waals surface area contributed by atoms with Crippen molar-refractivity contribution in [3.63, 3.8) is 0 Å². The van der Waals surface area contributed by atoms with E-state index in [1.807, 2.05) is 45.0 Å². The fourth-order valence-corrected chi connectivity index (χ4v) is 2.50. The quantitative estimate of drug-likeness (QED) is 0.700. The van der Waals surface area contributed by atoms with Gasteiger partial charge in [-0.2, -0.15) is 0 Å². The van der Waals surface area contributed by atoms with Crippen LogP contribution in [-0.2, 0) is 20.7 Å². The van der Waals surface area contributed by atoms with Crippen LogP contribution in [0.1, 0.15) is 31.4 Å². The van der Waals surface area contributed by atoms with Gasteiger partial charge in [0.15, 0.2) is 0 Å². The molecule has 0 aliphatic rings. The number of ether oxygens (including phenoxy) is 1. The van der Waals surface area contributed by atoms with E-state index in [1.165, 1.54) is 7.11 Å². The van der Waals surface area contributed by atoms with Crippen molar-refractivity contribution < 1.29 is 14.3 Å². The molecule has 0 radical (unpaired) electrons. The van der Waals surface area contributed by atoms with Gasteiger partial charge in [-0.25, -0.2) is 0 Å². The highest BCUT2D eigenvalue weighted by Gasteiger charge is 2.22. The van der Waals surface area contributed by atoms with Crippen molar-refractivity contribution in [3.05, 3.63) is 35.4 Å². The van der Waals surface area contributed by atoms with Crippen LogP contribution in [0.5, 0.6) is 0 Å². The van der Waals surface area contributed by atoms with Gasteiger partial charge in [0.05, 0.1) is 19.1 Å². The second-order valence-electron chi connectivity index (χ2n) is 6.39. The lowest BCUT2D eigenvalue weighted by atomic mass is 9.97. The number of carbonyl (C=O) groups is 2. The molecular weight excluding hydrogens is 328 g/mol. The van der Waals surface area contributed by atoms with E-state index >= 15 is 0 Å². The molecule has 2 atom stereocenters. The lowest BCUT2D eigenvalue weighted by Gasteiger charge is -2.18. The molecule has 0 fully saturated rings. The Labute approximate surface area is 150 Å². The molecule has 0 spiro atoms. The maximum atomic E-state index is 12.0. The maximum Gasteiger partial charge on any atom is 0.310 e. The lowest BCUT2D eigenvalue weighted by molar-refractivity contribution is -0.145. The molecule has 6 heteroatoms. The smallest absolute Gasteiger partial charge is 0.310 e. The van der Waals surface area contributed by atoms with E-state index in [2.05, 4.69) is 5.32 Å². The third-order valence-electron chi connectivity index (χ3n) is 3.68. The summed E-state index contributed by atoms with van der Waals surface area (Å²) >= 11 is 0. The van der Waals surface area contributed by atoms with Crippen LogP contribution < -0.4 is 11.1 Å². The van der Waals surface area contributed by atoms with Gasteiger partial charge in [0, 0.05) is 6.54 Å². The summed E-state index contributed by atoms with van der Waals surface area (Å²) in [6.07, 6.45) is 1.14. The summed E-state index contributed by atoms with van der Waals surface area (Å²) in [5.74, 6) is -0.627. The normalized spacial score (nSPS) is 12.9. The summed E-state index contributed by atoms with van der Waals surface area (Å²) in [6, 6.07) is 7.41. The summed E-state index contributed by atoms with van der Waals surface area (Å²) in [5, 5.41) is 2.77. The molecule has 0 heterocycles. The molecule has 1 aromatic rings. The maximum absolute atomic E-state index is 12.0. The zero-order chi connectivity index (χ0) is 17.4. The Morgan fingerprint density at radius 3 is 2.50 bits per heavy atom. The summed E-state index contributed by atoms with van der Waals surface area (Å²) < 4.78 is 4.85. The minimum Gasteiger partial charge on any atom is -0.469 e. The van der Waals surface area contributed by atoms with E-state index in [9.17, 15) is 9.59 Å². The number of halogens is 1. The zero-order valence-electron chi connectivity index (χ0n) is 14.9. The predicted octanol–water partition coefficient (Wildman–Crippen LogP) is 2.24. The molecule has 3 N–H and O–H groups in total. The monoisotopic (exact) mass is 356 g/mol. The van der Waals surface area contributed by atoms with Gasteiger partial charge >= 0.3 is 5.97 Å². The molecule has 0 aliphatic heterocycles. The summed E-state index contributed by atoms with van der Waals surface area (Å²) in [4.78, 5) is 24.0. The molecule has 0 saturated heterocycles. The summed E-state index contributed by atoms with van der Waals surface area (Å²) in [7, 11) is 1.36. The van der Waals surface area contributed by atoms with Gasteiger partial charge in [-0.3, -0.25) is 9.59 Å². The molecule has 1 amide bonds. The highest BCUT2D eigenvalue weighted by atomic mass is 35.5. The number of amides is 1. The molecular formula is C18H29ClN2O3. The second kappa shape index (κ2) is 11.0. The summed E-state index contributed by atoms with van der Waals surface area (Å²) in [6.45, 7) is 6.26. The Hall–Kier alpha value is -1.59. The number of benzene rings is 1. The summed E-state index contributed by atoms with van der Waals surface area (Å²) in [5.41, 5.74) is 8.03. The number of rotatable bonds is 8. The van der Waals surface area contributed by atoms with Gasteiger partial charge in [0.25, 0.3) is 0 Å². The molecule has 24 heavy (non-hydrogen) atoms. The van der Waals surface area contributed by atoms with Gasteiger partial charge in [-0.05, 0) is 31.2 Å². The Kier molecular flexibility index (Phi) is 10.3. The zero-order valence-corrected chi connectivity index (χ0v) is 15.7. The number of nitrogens with one attached hydrogen (secondary N) is 1. The fraction of sp³-hybridized carbons (Fsp3) is 0.556. The van der Waals surface area contributed by atoms with Crippen LogP contribution >= 0.6 is 12.4 Å². The molecule has 0 aromatic heterocycles. The number of aryl methyl sites for hydroxylation is 1. The average molecular weight is 357 g/mol. The van der Waals surface area contributed by atoms with Crippen LogP contribution in [0.2, 0.25) is 0 Å². The first-order valence-electron chi connectivity index (χ1n) is 8.00. The van der Waals surface area contributed by atoms with Crippen molar-refractivity contribution in [2.24, 2.45) is 17.6 Å². The number of nitrogens with two attached hydrogens (primary N) is 1. The van der Waals surface area contributed by atoms with Crippen LogP contribution in [0.3, 0.4) is 0 Å². The minimum atomic E-state index is -0.549. The molecule has 1 aromatic carbocycles. The number of hydrogen-bond acceptors (Lipinski definition) is 4. The van der Waals surface area contributed by atoms with Crippen molar-refractivity contribution in [1.29, 1.82) is 0 Å². The second-order valence-corrected chi connectivity index (χ2v) is 6.39. The van der Waals surface area contributed by atoms with Crippen molar-refractivity contribution in [2.45, 2.75) is 39.7 Å². The SMILES string of the molecule is COC(=O)C(CNC(=O)[C@@H](N)CC(C)C)Cc1cccc(C)c1.Cl. The highest BCUT2D eigenvalue weighted by molar-refractivity contribution is 5.85. The minimum absolute atomic E-state index is 0. The molecule has 1 rings (SSSR count). The van der Waals surface area contributed by atoms with Gasteiger partial charge in [0.1, 0.15) is 0 Å². The standard InChI is InChI=1S/C18H28N2O3.ClH/c1-12(2)8-16(19)17(21)20-11-15(18(22)23-4)10-14-7-5-6-13(3)9-14;/h5-7,9,12,15-16H,8,10-11,19H2,1-4H3,(H,20,21);1H/t15?,16-;/m0./s1. The number of hydrogen-bond donors (Lipinski definition) is 2. The molecule has 136 valence electrons. The third-order valence-corrected chi connectivity index (χ3v) is 3.68. The van der Waals surface area contributed by atoms with Crippen LogP contribution in [0.15, 0.2) is 24.3 Å². The number of methoxy groups -OCH3 is 1. The van der Waals surface area contributed by atoms with Crippen molar-refractivity contribution in [1.82, 2.24) is 5.32 Å². The Balaban J connectivity index is 0.00000529. The van der Waals surface area contributed by atoms with E-state index < -0.39 is 12.0 Å². The first-order valence-corrected chi connectivity index (χ1v) is 8.00. The van der Waals surface area contributed by atoms with Crippen molar-refractivity contribution >= 4 is 24.3 Å². The number of carbonyl (C=O) groups excluding carboxylic acids is 2. The van der Waals surface area contributed by atoms with E-state index in [0.717, 1.165) is 11.1 Å². The van der Waals surface area contributed by atoms with Gasteiger partial charge in [-0.15, -0.1) is 12.4 Å². The Morgan fingerprint density at radius 2 is 1.96 bits per heavy atom. The molecule has 0 bridgehead atoms. The Morgan fingerprint density at radius 1 is 1.29 bits per heavy atom. The van der Waals surface area contributed by atoms with Gasteiger partial charge in [0.2, 0.25) is 5.91 Å². The van der Waals surface area contributed by atoms with Gasteiger partial charge < -0.3 is 15.8 Å².